The van der Waals surface area contributed by atoms with Gasteiger partial charge in [0.1, 0.15) is 0 Å². The first-order chi connectivity index (χ1) is 12.0. The fourth-order valence-electron chi connectivity index (χ4n) is 2.41. The van der Waals surface area contributed by atoms with Gasteiger partial charge in [0.15, 0.2) is 5.16 Å². The minimum Gasteiger partial charge on any atom is -0.325 e. The van der Waals surface area contributed by atoms with Crippen molar-refractivity contribution in [3.63, 3.8) is 0 Å². The molecule has 0 saturated heterocycles. The molecule has 0 spiro atoms. The molecule has 1 aromatic heterocycles. The molecule has 0 bridgehead atoms. The Kier molecular flexibility index (Phi) is 5.46. The van der Waals surface area contributed by atoms with Crippen LogP contribution in [-0.4, -0.2) is 21.2 Å². The first-order valence-corrected chi connectivity index (χ1v) is 9.18. The third kappa shape index (κ3) is 4.44. The molecule has 0 radical (unpaired) electrons. The number of anilines is 1. The molecule has 0 aliphatic carbocycles. The Morgan fingerprint density at radius 2 is 2.08 bits per heavy atom. The molecule has 0 fully saturated rings. The van der Waals surface area contributed by atoms with Crippen molar-refractivity contribution in [2.45, 2.75) is 19.0 Å². The van der Waals surface area contributed by atoms with Crippen molar-refractivity contribution < 1.29 is 4.79 Å². The molecule has 4 nitrogen and oxygen atoms in total. The molecule has 0 saturated carbocycles. The molecule has 6 heteroatoms. The number of hydrogen-bond donors (Lipinski definition) is 1. The van der Waals surface area contributed by atoms with E-state index in [0.29, 0.717) is 5.02 Å². The van der Waals surface area contributed by atoms with Crippen LogP contribution >= 0.6 is 23.4 Å². The number of aromatic nitrogens is 2. The third-order valence-electron chi connectivity index (χ3n) is 3.69. The van der Waals surface area contributed by atoms with E-state index in [1.54, 1.807) is 6.20 Å². The third-order valence-corrected chi connectivity index (χ3v) is 4.89. The van der Waals surface area contributed by atoms with Gasteiger partial charge in [-0.15, -0.1) is 0 Å². The summed E-state index contributed by atoms with van der Waals surface area (Å²) in [6, 6.07) is 13.5. The topological polar surface area (TPSA) is 46.9 Å². The van der Waals surface area contributed by atoms with Crippen LogP contribution in [0, 0.1) is 13.8 Å². The molecule has 25 heavy (non-hydrogen) atoms. The normalized spacial score (nSPS) is 10.7. The van der Waals surface area contributed by atoms with E-state index < -0.39 is 0 Å². The van der Waals surface area contributed by atoms with Crippen LogP contribution in [0.4, 0.5) is 5.69 Å². The number of thioether (sulfide) groups is 1. The van der Waals surface area contributed by atoms with Gasteiger partial charge in [0.25, 0.3) is 0 Å². The highest BCUT2D eigenvalue weighted by atomic mass is 35.5. The summed E-state index contributed by atoms with van der Waals surface area (Å²) in [6.07, 6.45) is 3.57. The Labute approximate surface area is 156 Å². The Bertz CT molecular complexity index is 907. The summed E-state index contributed by atoms with van der Waals surface area (Å²) in [5, 5.41) is 4.37. The highest BCUT2D eigenvalue weighted by Gasteiger charge is 2.10. The summed E-state index contributed by atoms with van der Waals surface area (Å²) in [7, 11) is 0. The summed E-state index contributed by atoms with van der Waals surface area (Å²) >= 11 is 7.44. The van der Waals surface area contributed by atoms with E-state index in [4.69, 9.17) is 11.6 Å². The predicted octanol–water partition coefficient (Wildman–Crippen LogP) is 4.87. The molecule has 1 N–H and O–H groups in total. The van der Waals surface area contributed by atoms with Gasteiger partial charge in [0.2, 0.25) is 5.91 Å². The highest BCUT2D eigenvalue weighted by molar-refractivity contribution is 7.99. The van der Waals surface area contributed by atoms with Crippen LogP contribution in [0.1, 0.15) is 11.1 Å². The van der Waals surface area contributed by atoms with E-state index in [1.807, 2.05) is 67.1 Å². The number of aryl methyl sites for hydroxylation is 2. The molecule has 1 heterocycles. The quantitative estimate of drug-likeness (QED) is 0.650. The van der Waals surface area contributed by atoms with E-state index in [-0.39, 0.29) is 11.7 Å². The molecular formula is C19H18ClN3OS. The maximum atomic E-state index is 12.3. The van der Waals surface area contributed by atoms with Crippen molar-refractivity contribution in [3.05, 3.63) is 71.0 Å². The smallest absolute Gasteiger partial charge is 0.234 e. The lowest BCUT2D eigenvalue weighted by molar-refractivity contribution is -0.113. The summed E-state index contributed by atoms with van der Waals surface area (Å²) in [5.41, 5.74) is 3.93. The second kappa shape index (κ2) is 7.76. The second-order valence-corrected chi connectivity index (χ2v) is 7.09. The molecular weight excluding hydrogens is 354 g/mol. The van der Waals surface area contributed by atoms with Crippen LogP contribution in [-0.2, 0) is 4.79 Å². The average molecular weight is 372 g/mol. The monoisotopic (exact) mass is 371 g/mol. The lowest BCUT2D eigenvalue weighted by Crippen LogP contribution is -2.15. The number of amides is 1. The number of halogens is 1. The molecule has 3 rings (SSSR count). The van der Waals surface area contributed by atoms with Crippen molar-refractivity contribution in [3.8, 4) is 5.69 Å². The first kappa shape index (κ1) is 17.6. The first-order valence-electron chi connectivity index (χ1n) is 7.82. The van der Waals surface area contributed by atoms with Crippen LogP contribution < -0.4 is 5.32 Å². The fourth-order valence-corrected chi connectivity index (χ4v) is 3.36. The van der Waals surface area contributed by atoms with Crippen molar-refractivity contribution in [2.75, 3.05) is 11.1 Å². The summed E-state index contributed by atoms with van der Waals surface area (Å²) in [5.74, 6) is 0.227. The molecule has 0 aliphatic heterocycles. The zero-order valence-electron chi connectivity index (χ0n) is 14.0. The number of carbonyl (C=O) groups is 1. The lowest BCUT2D eigenvalue weighted by Gasteiger charge is -2.10. The van der Waals surface area contributed by atoms with Crippen molar-refractivity contribution in [2.24, 2.45) is 0 Å². The highest BCUT2D eigenvalue weighted by Crippen LogP contribution is 2.23. The molecule has 2 aromatic carbocycles. The van der Waals surface area contributed by atoms with Crippen LogP contribution in [0.25, 0.3) is 5.69 Å². The summed E-state index contributed by atoms with van der Waals surface area (Å²) in [6.45, 7) is 3.99. The maximum absolute atomic E-state index is 12.3. The van der Waals surface area contributed by atoms with Crippen LogP contribution in [0.5, 0.6) is 0 Å². The van der Waals surface area contributed by atoms with Gasteiger partial charge in [-0.05, 0) is 49.2 Å². The zero-order valence-corrected chi connectivity index (χ0v) is 15.6. The lowest BCUT2D eigenvalue weighted by atomic mass is 10.1. The summed E-state index contributed by atoms with van der Waals surface area (Å²) < 4.78 is 1.92. The number of carbonyl (C=O) groups excluding carboxylic acids is 1. The van der Waals surface area contributed by atoms with Crippen molar-refractivity contribution in [1.82, 2.24) is 9.55 Å². The number of hydrogen-bond acceptors (Lipinski definition) is 3. The van der Waals surface area contributed by atoms with E-state index in [0.717, 1.165) is 27.7 Å². The largest absolute Gasteiger partial charge is 0.325 e. The van der Waals surface area contributed by atoms with Gasteiger partial charge >= 0.3 is 0 Å². The minimum absolute atomic E-state index is 0.0562. The van der Waals surface area contributed by atoms with Gasteiger partial charge in [-0.2, -0.15) is 0 Å². The predicted molar refractivity (Wildman–Crippen MR) is 104 cm³/mol. The average Bonchev–Trinajstić information content (AvgIpc) is 3.05. The molecule has 128 valence electrons. The van der Waals surface area contributed by atoms with Crippen molar-refractivity contribution >= 4 is 35.0 Å². The minimum atomic E-state index is -0.0562. The molecule has 0 aliphatic rings. The summed E-state index contributed by atoms with van der Waals surface area (Å²) in [4.78, 5) is 16.6. The van der Waals surface area contributed by atoms with Crippen LogP contribution in [0.3, 0.4) is 0 Å². The number of nitrogens with zero attached hydrogens (tertiary/aromatic N) is 2. The van der Waals surface area contributed by atoms with Crippen LogP contribution in [0.15, 0.2) is 60.0 Å². The van der Waals surface area contributed by atoms with Gasteiger partial charge in [-0.3, -0.25) is 9.36 Å². The number of nitrogens with one attached hydrogen (secondary N) is 1. The number of rotatable bonds is 5. The molecule has 1 amide bonds. The molecule has 0 atom stereocenters. The van der Waals surface area contributed by atoms with Gasteiger partial charge in [0.05, 0.1) is 5.75 Å². The second-order valence-electron chi connectivity index (χ2n) is 5.71. The Morgan fingerprint density at radius 3 is 2.88 bits per heavy atom. The Balaban J connectivity index is 1.67. The van der Waals surface area contributed by atoms with E-state index in [9.17, 15) is 4.79 Å². The SMILES string of the molecule is Cc1ccc(C)c(NC(=O)CSc2nccn2-c2cccc(Cl)c2)c1. The standard InChI is InChI=1S/C19H18ClN3OS/c1-13-6-7-14(2)17(10-13)22-18(24)12-25-19-21-8-9-23(19)16-5-3-4-15(20)11-16/h3-11H,12H2,1-2H3,(H,22,24). The van der Waals surface area contributed by atoms with Crippen molar-refractivity contribution in [1.29, 1.82) is 0 Å². The Morgan fingerprint density at radius 1 is 1.24 bits per heavy atom. The van der Waals surface area contributed by atoms with Gasteiger partial charge < -0.3 is 5.32 Å². The fraction of sp³-hybridized carbons (Fsp3) is 0.158. The van der Waals surface area contributed by atoms with E-state index >= 15 is 0 Å². The Hall–Kier alpha value is -2.24. The van der Waals surface area contributed by atoms with Crippen LogP contribution in [0.2, 0.25) is 5.02 Å². The van der Waals surface area contributed by atoms with Gasteiger partial charge in [-0.1, -0.05) is 41.6 Å². The number of benzene rings is 2. The van der Waals surface area contributed by atoms with E-state index in [1.165, 1.54) is 11.8 Å². The zero-order chi connectivity index (χ0) is 17.8. The molecule has 3 aromatic rings. The van der Waals surface area contributed by atoms with Gasteiger partial charge in [0, 0.05) is 28.8 Å². The van der Waals surface area contributed by atoms with Gasteiger partial charge in [-0.25, -0.2) is 4.98 Å². The molecule has 0 unspecified atom stereocenters. The van der Waals surface area contributed by atoms with E-state index in [2.05, 4.69) is 10.3 Å². The maximum Gasteiger partial charge on any atom is 0.234 e. The number of imidazole rings is 1.